The van der Waals surface area contributed by atoms with Crippen LogP contribution in [0.2, 0.25) is 0 Å². The van der Waals surface area contributed by atoms with Crippen molar-refractivity contribution in [2.45, 2.75) is 13.8 Å². The van der Waals surface area contributed by atoms with E-state index in [-0.39, 0.29) is 18.3 Å². The monoisotopic (exact) mass is 472 g/mol. The molecule has 1 N–H and O–H groups in total. The molecule has 0 saturated heterocycles. The molecule has 0 unspecified atom stereocenters. The van der Waals surface area contributed by atoms with Gasteiger partial charge in [0.2, 0.25) is 4.80 Å². The van der Waals surface area contributed by atoms with Gasteiger partial charge in [0.1, 0.15) is 11.6 Å². The van der Waals surface area contributed by atoms with E-state index >= 15 is 0 Å². The summed E-state index contributed by atoms with van der Waals surface area (Å²) in [5, 5.41) is 9.50. The molecule has 0 fully saturated rings. The molecule has 1 aliphatic rings. The maximum Gasteiger partial charge on any atom is 0.262 e. The SMILES string of the molecule is Cc1ccc(C)c(N=c2scc(-c3ccc4c(c3)NC(=O)CO4)n2N=Cc2ccc(F)cc2)c1. The van der Waals surface area contributed by atoms with E-state index in [0.717, 1.165) is 33.6 Å². The molecule has 2 heterocycles. The second-order valence-electron chi connectivity index (χ2n) is 7.96. The minimum absolute atomic E-state index is 0.00559. The number of hydrogen-bond acceptors (Lipinski definition) is 5. The van der Waals surface area contributed by atoms with Crippen LogP contribution < -0.4 is 14.9 Å². The number of carbonyl (C=O) groups excluding carboxylic acids is 1. The average Bonchev–Trinajstić information content (AvgIpc) is 3.23. The fourth-order valence-corrected chi connectivity index (χ4v) is 4.40. The van der Waals surface area contributed by atoms with Crippen LogP contribution in [0.4, 0.5) is 15.8 Å². The Hall–Kier alpha value is -4.04. The summed E-state index contributed by atoms with van der Waals surface area (Å²) in [6.45, 7) is 4.05. The Morgan fingerprint density at radius 3 is 2.74 bits per heavy atom. The smallest absolute Gasteiger partial charge is 0.262 e. The predicted molar refractivity (Wildman–Crippen MR) is 132 cm³/mol. The first kappa shape index (κ1) is 21.8. The highest BCUT2D eigenvalue weighted by molar-refractivity contribution is 7.07. The van der Waals surface area contributed by atoms with Gasteiger partial charge in [0.25, 0.3) is 5.91 Å². The largest absolute Gasteiger partial charge is 0.482 e. The van der Waals surface area contributed by atoms with Crippen molar-refractivity contribution in [2.75, 3.05) is 11.9 Å². The van der Waals surface area contributed by atoms with Gasteiger partial charge in [-0.3, -0.25) is 4.79 Å². The van der Waals surface area contributed by atoms with Crippen LogP contribution in [0.25, 0.3) is 11.3 Å². The lowest BCUT2D eigenvalue weighted by Crippen LogP contribution is -2.25. The zero-order valence-corrected chi connectivity index (χ0v) is 19.4. The van der Waals surface area contributed by atoms with E-state index in [9.17, 15) is 9.18 Å². The zero-order chi connectivity index (χ0) is 23.7. The van der Waals surface area contributed by atoms with Crippen molar-refractivity contribution in [1.82, 2.24) is 4.68 Å². The van der Waals surface area contributed by atoms with Crippen molar-refractivity contribution in [1.29, 1.82) is 0 Å². The van der Waals surface area contributed by atoms with Gasteiger partial charge in [-0.2, -0.15) is 5.10 Å². The molecule has 6 nitrogen and oxygen atoms in total. The number of rotatable bonds is 4. The van der Waals surface area contributed by atoms with Crippen LogP contribution in [-0.2, 0) is 4.79 Å². The van der Waals surface area contributed by atoms with E-state index in [1.807, 2.05) is 49.6 Å². The Bertz CT molecular complexity index is 1490. The summed E-state index contributed by atoms with van der Waals surface area (Å²) in [5.41, 5.74) is 6.06. The number of aromatic nitrogens is 1. The molecule has 0 aliphatic carbocycles. The van der Waals surface area contributed by atoms with Crippen LogP contribution in [0, 0.1) is 19.7 Å². The molecule has 0 atom stereocenters. The number of benzene rings is 3. The molecule has 5 rings (SSSR count). The number of aryl methyl sites for hydroxylation is 2. The number of ether oxygens (including phenoxy) is 1. The van der Waals surface area contributed by atoms with Crippen molar-refractivity contribution in [3.8, 4) is 17.0 Å². The van der Waals surface area contributed by atoms with E-state index < -0.39 is 0 Å². The van der Waals surface area contributed by atoms with Gasteiger partial charge in [0.05, 0.1) is 23.3 Å². The standard InChI is InChI=1S/C26H21FN4O2S/c1-16-3-4-17(2)21(11-16)30-26-31(28-13-18-5-8-20(27)9-6-18)23(15-34-26)19-7-10-24-22(12-19)29-25(32)14-33-24/h3-13,15H,14H2,1-2H3,(H,29,32). The second-order valence-corrected chi connectivity index (χ2v) is 8.80. The zero-order valence-electron chi connectivity index (χ0n) is 18.6. The molecular weight excluding hydrogens is 451 g/mol. The molecule has 0 radical (unpaired) electrons. The maximum absolute atomic E-state index is 13.3. The van der Waals surface area contributed by atoms with Gasteiger partial charge in [0.15, 0.2) is 6.61 Å². The lowest BCUT2D eigenvalue weighted by atomic mass is 10.1. The quantitative estimate of drug-likeness (QED) is 0.403. The lowest BCUT2D eigenvalue weighted by molar-refractivity contribution is -0.118. The molecule has 170 valence electrons. The number of halogens is 1. The fraction of sp³-hybridized carbons (Fsp3) is 0.115. The molecule has 8 heteroatoms. The third-order valence-corrected chi connectivity index (χ3v) is 6.18. The van der Waals surface area contributed by atoms with Gasteiger partial charge in [0, 0.05) is 10.9 Å². The molecule has 1 aromatic heterocycles. The number of nitrogens with one attached hydrogen (secondary N) is 1. The van der Waals surface area contributed by atoms with Gasteiger partial charge in [-0.25, -0.2) is 14.1 Å². The summed E-state index contributed by atoms with van der Waals surface area (Å²) in [6, 6.07) is 17.9. The molecule has 1 amide bonds. The normalized spacial score (nSPS) is 13.6. The highest BCUT2D eigenvalue weighted by Gasteiger charge is 2.18. The number of hydrogen-bond donors (Lipinski definition) is 1. The minimum atomic E-state index is -0.301. The number of carbonyl (C=O) groups is 1. The Kier molecular flexibility index (Phi) is 5.81. The minimum Gasteiger partial charge on any atom is -0.482 e. The molecule has 4 aromatic rings. The summed E-state index contributed by atoms with van der Waals surface area (Å²) in [5.74, 6) is 0.132. The molecule has 0 saturated carbocycles. The van der Waals surface area contributed by atoms with Crippen LogP contribution in [0.3, 0.4) is 0 Å². The third kappa shape index (κ3) is 4.53. The average molecular weight is 473 g/mol. The number of nitrogens with zero attached hydrogens (tertiary/aromatic N) is 3. The van der Waals surface area contributed by atoms with Gasteiger partial charge in [-0.05, 0) is 66.9 Å². The molecule has 0 spiro atoms. The summed E-state index contributed by atoms with van der Waals surface area (Å²) in [4.78, 5) is 17.4. The highest BCUT2D eigenvalue weighted by atomic mass is 32.1. The van der Waals surface area contributed by atoms with E-state index in [2.05, 4.69) is 16.5 Å². The Morgan fingerprint density at radius 1 is 1.09 bits per heavy atom. The van der Waals surface area contributed by atoms with E-state index in [0.29, 0.717) is 16.2 Å². The van der Waals surface area contributed by atoms with Crippen molar-refractivity contribution >= 4 is 34.8 Å². The first-order valence-corrected chi connectivity index (χ1v) is 11.5. The summed E-state index contributed by atoms with van der Waals surface area (Å²) >= 11 is 1.46. The fourth-order valence-electron chi connectivity index (χ4n) is 3.55. The third-order valence-electron chi connectivity index (χ3n) is 5.37. The van der Waals surface area contributed by atoms with Crippen molar-refractivity contribution < 1.29 is 13.9 Å². The van der Waals surface area contributed by atoms with Gasteiger partial charge in [-0.1, -0.05) is 24.3 Å². The Labute approximate surface area is 199 Å². The molecule has 34 heavy (non-hydrogen) atoms. The number of fused-ring (bicyclic) bond motifs is 1. The summed E-state index contributed by atoms with van der Waals surface area (Å²) in [6.07, 6.45) is 1.67. The van der Waals surface area contributed by atoms with Gasteiger partial charge < -0.3 is 10.1 Å². The Balaban J connectivity index is 1.64. The Morgan fingerprint density at radius 2 is 1.91 bits per heavy atom. The molecular formula is C26H21FN4O2S. The molecule has 0 bridgehead atoms. The van der Waals surface area contributed by atoms with Crippen LogP contribution in [0.1, 0.15) is 16.7 Å². The van der Waals surface area contributed by atoms with Gasteiger partial charge in [-0.15, -0.1) is 11.3 Å². The first-order chi connectivity index (χ1) is 16.5. The second kappa shape index (κ2) is 9.07. The number of anilines is 1. The van der Waals surface area contributed by atoms with E-state index in [4.69, 9.17) is 9.73 Å². The van der Waals surface area contributed by atoms with E-state index in [1.165, 1.54) is 23.5 Å². The highest BCUT2D eigenvalue weighted by Crippen LogP contribution is 2.33. The molecule has 1 aliphatic heterocycles. The van der Waals surface area contributed by atoms with Crippen LogP contribution >= 0.6 is 11.3 Å². The van der Waals surface area contributed by atoms with Crippen molar-refractivity contribution in [3.05, 3.63) is 93.4 Å². The first-order valence-electron chi connectivity index (χ1n) is 10.7. The predicted octanol–water partition coefficient (Wildman–Crippen LogP) is 5.42. The lowest BCUT2D eigenvalue weighted by Gasteiger charge is -2.18. The number of amides is 1. The molecule has 3 aromatic carbocycles. The van der Waals surface area contributed by atoms with Crippen molar-refractivity contribution in [2.24, 2.45) is 10.1 Å². The van der Waals surface area contributed by atoms with Crippen molar-refractivity contribution in [3.63, 3.8) is 0 Å². The topological polar surface area (TPSA) is 68.0 Å². The van der Waals surface area contributed by atoms with Crippen LogP contribution in [0.15, 0.2) is 76.1 Å². The van der Waals surface area contributed by atoms with Crippen LogP contribution in [-0.4, -0.2) is 23.4 Å². The summed E-state index contributed by atoms with van der Waals surface area (Å²) < 4.78 is 20.6. The van der Waals surface area contributed by atoms with Crippen LogP contribution in [0.5, 0.6) is 5.75 Å². The summed E-state index contributed by atoms with van der Waals surface area (Å²) in [7, 11) is 0. The number of thiazole rings is 1. The maximum atomic E-state index is 13.3. The van der Waals surface area contributed by atoms with Gasteiger partial charge >= 0.3 is 0 Å². The van der Waals surface area contributed by atoms with E-state index in [1.54, 1.807) is 23.0 Å².